The van der Waals surface area contributed by atoms with E-state index in [1.54, 1.807) is 12.1 Å². The zero-order valence-electron chi connectivity index (χ0n) is 11.0. The van der Waals surface area contributed by atoms with Gasteiger partial charge in [0.1, 0.15) is 5.92 Å². The molecular formula is C13H12N4O3. The van der Waals surface area contributed by atoms with Crippen LogP contribution >= 0.6 is 0 Å². The Morgan fingerprint density at radius 2 is 2.15 bits per heavy atom. The van der Waals surface area contributed by atoms with Gasteiger partial charge in [-0.25, -0.2) is 0 Å². The van der Waals surface area contributed by atoms with Crippen molar-refractivity contribution in [2.24, 2.45) is 0 Å². The summed E-state index contributed by atoms with van der Waals surface area (Å²) in [5.41, 5.74) is 1.61. The maximum Gasteiger partial charge on any atom is 0.337 e. The third-order valence-corrected chi connectivity index (χ3v) is 3.10. The molecule has 1 aliphatic rings. The maximum absolute atomic E-state index is 12.4. The monoisotopic (exact) mass is 272 g/mol. The number of aryl methyl sites for hydroxylation is 1. The van der Waals surface area contributed by atoms with Crippen molar-refractivity contribution in [2.45, 2.75) is 12.8 Å². The lowest BCUT2D eigenvalue weighted by Gasteiger charge is -2.20. The number of carbonyl (C=O) groups excluding carboxylic acids is 2. The first-order valence-electron chi connectivity index (χ1n) is 6.03. The van der Waals surface area contributed by atoms with Crippen LogP contribution in [0, 0.1) is 6.92 Å². The minimum atomic E-state index is -0.922. The van der Waals surface area contributed by atoms with Crippen LogP contribution in [0.15, 0.2) is 24.3 Å². The average Bonchev–Trinajstić information content (AvgIpc) is 2.82. The molecule has 0 saturated heterocycles. The molecule has 7 heteroatoms. The van der Waals surface area contributed by atoms with Gasteiger partial charge < -0.3 is 4.74 Å². The fraction of sp³-hybridized carbons (Fsp3) is 0.231. The van der Waals surface area contributed by atoms with Crippen LogP contribution in [-0.2, 0) is 4.79 Å². The van der Waals surface area contributed by atoms with E-state index >= 15 is 0 Å². The first-order valence-corrected chi connectivity index (χ1v) is 6.03. The van der Waals surface area contributed by atoms with Crippen molar-refractivity contribution >= 4 is 17.8 Å². The number of methoxy groups -OCH3 is 1. The van der Waals surface area contributed by atoms with Crippen molar-refractivity contribution < 1.29 is 14.3 Å². The standard InChI is InChI=1S/C13H12N4O3/c1-7-4-3-5-8(6-7)9-10(18)14-12-15-13(20-2)16-17(12)11(9)19/h3-6,9H,1-2H3,(H,14,15,16,18). The molecule has 3 rings (SSSR count). The molecule has 0 radical (unpaired) electrons. The number of hydrogen-bond donors (Lipinski definition) is 1. The third-order valence-electron chi connectivity index (χ3n) is 3.10. The summed E-state index contributed by atoms with van der Waals surface area (Å²) in [6.07, 6.45) is 0. The first-order chi connectivity index (χ1) is 9.60. The van der Waals surface area contributed by atoms with Gasteiger partial charge in [0.05, 0.1) is 7.11 Å². The summed E-state index contributed by atoms with van der Waals surface area (Å²) in [6.45, 7) is 1.90. The lowest BCUT2D eigenvalue weighted by atomic mass is 9.95. The van der Waals surface area contributed by atoms with E-state index in [1.807, 2.05) is 19.1 Å². The van der Waals surface area contributed by atoms with E-state index in [-0.39, 0.29) is 12.0 Å². The lowest BCUT2D eigenvalue weighted by molar-refractivity contribution is -0.117. The Labute approximate surface area is 114 Å². The fourth-order valence-corrected chi connectivity index (χ4v) is 2.17. The Balaban J connectivity index is 2.06. The second-order valence-electron chi connectivity index (χ2n) is 4.51. The summed E-state index contributed by atoms with van der Waals surface area (Å²) >= 11 is 0. The molecule has 1 unspecified atom stereocenters. The molecule has 0 aliphatic carbocycles. The topological polar surface area (TPSA) is 86.1 Å². The molecule has 2 aromatic rings. The Morgan fingerprint density at radius 3 is 2.85 bits per heavy atom. The highest BCUT2D eigenvalue weighted by atomic mass is 16.5. The van der Waals surface area contributed by atoms with Crippen LogP contribution in [0.3, 0.4) is 0 Å². The summed E-state index contributed by atoms with van der Waals surface area (Å²) in [7, 11) is 1.39. The van der Waals surface area contributed by atoms with Crippen LogP contribution < -0.4 is 10.1 Å². The summed E-state index contributed by atoms with van der Waals surface area (Å²) in [5.74, 6) is -1.69. The van der Waals surface area contributed by atoms with Gasteiger partial charge in [0.15, 0.2) is 0 Å². The van der Waals surface area contributed by atoms with Crippen molar-refractivity contribution in [3.63, 3.8) is 0 Å². The van der Waals surface area contributed by atoms with E-state index in [4.69, 9.17) is 4.74 Å². The van der Waals surface area contributed by atoms with Gasteiger partial charge >= 0.3 is 6.01 Å². The highest BCUT2D eigenvalue weighted by molar-refractivity contribution is 6.15. The van der Waals surface area contributed by atoms with Crippen LogP contribution in [0.4, 0.5) is 5.95 Å². The molecule has 20 heavy (non-hydrogen) atoms. The second kappa shape index (κ2) is 4.44. The normalized spacial score (nSPS) is 17.6. The zero-order valence-corrected chi connectivity index (χ0v) is 11.0. The van der Waals surface area contributed by atoms with Crippen LogP contribution in [0.1, 0.15) is 21.8 Å². The summed E-state index contributed by atoms with van der Waals surface area (Å²) in [5, 5.41) is 6.46. The Hall–Kier alpha value is -2.70. The first kappa shape index (κ1) is 12.3. The number of fused-ring (bicyclic) bond motifs is 1. The number of rotatable bonds is 2. The van der Waals surface area contributed by atoms with Crippen molar-refractivity contribution in [3.8, 4) is 6.01 Å². The SMILES string of the molecule is COc1nc2n(n1)C(=O)C(c1cccc(C)c1)C(=O)N2. The van der Waals surface area contributed by atoms with Gasteiger partial charge in [-0.05, 0) is 12.5 Å². The molecule has 1 aromatic heterocycles. The van der Waals surface area contributed by atoms with Crippen molar-refractivity contribution in [1.82, 2.24) is 14.8 Å². The van der Waals surface area contributed by atoms with E-state index in [2.05, 4.69) is 15.4 Å². The quantitative estimate of drug-likeness (QED) is 0.823. The summed E-state index contributed by atoms with van der Waals surface area (Å²) in [6, 6.07) is 7.30. The Kier molecular flexibility index (Phi) is 2.74. The van der Waals surface area contributed by atoms with Crippen LogP contribution in [0.25, 0.3) is 0 Å². The molecule has 102 valence electrons. The molecule has 1 aromatic carbocycles. The molecule has 1 amide bonds. The summed E-state index contributed by atoms with van der Waals surface area (Å²) in [4.78, 5) is 28.4. The summed E-state index contributed by atoms with van der Waals surface area (Å²) < 4.78 is 5.93. The molecule has 0 bridgehead atoms. The molecule has 1 aliphatic heterocycles. The van der Waals surface area contributed by atoms with Gasteiger partial charge in [-0.3, -0.25) is 14.9 Å². The number of benzene rings is 1. The number of nitrogens with zero attached hydrogens (tertiary/aromatic N) is 3. The molecule has 0 saturated carbocycles. The minimum Gasteiger partial charge on any atom is -0.466 e. The number of ether oxygens (including phenoxy) is 1. The number of aromatic nitrogens is 3. The predicted molar refractivity (Wildman–Crippen MR) is 69.8 cm³/mol. The van der Waals surface area contributed by atoms with E-state index in [9.17, 15) is 9.59 Å². The molecular weight excluding hydrogens is 260 g/mol. The van der Waals surface area contributed by atoms with Gasteiger partial charge in [0, 0.05) is 0 Å². The molecule has 0 spiro atoms. The van der Waals surface area contributed by atoms with Crippen LogP contribution in [0.2, 0.25) is 0 Å². The maximum atomic E-state index is 12.4. The number of amides is 1. The molecule has 1 N–H and O–H groups in total. The predicted octanol–water partition coefficient (Wildman–Crippen LogP) is 0.971. The molecule has 0 fully saturated rings. The second-order valence-corrected chi connectivity index (χ2v) is 4.51. The number of hydrogen-bond acceptors (Lipinski definition) is 5. The van der Waals surface area contributed by atoms with E-state index in [0.717, 1.165) is 10.2 Å². The van der Waals surface area contributed by atoms with Crippen molar-refractivity contribution in [3.05, 3.63) is 35.4 Å². The number of carbonyl (C=O) groups is 2. The van der Waals surface area contributed by atoms with Gasteiger partial charge in [-0.1, -0.05) is 29.8 Å². The van der Waals surface area contributed by atoms with Crippen LogP contribution in [0.5, 0.6) is 6.01 Å². The Morgan fingerprint density at radius 1 is 1.35 bits per heavy atom. The van der Waals surface area contributed by atoms with E-state index in [1.165, 1.54) is 7.11 Å². The third kappa shape index (κ3) is 1.83. The van der Waals surface area contributed by atoms with E-state index in [0.29, 0.717) is 5.56 Å². The molecule has 2 heterocycles. The van der Waals surface area contributed by atoms with Crippen molar-refractivity contribution in [1.29, 1.82) is 0 Å². The fourth-order valence-electron chi connectivity index (χ4n) is 2.17. The zero-order chi connectivity index (χ0) is 14.3. The van der Waals surface area contributed by atoms with Gasteiger partial charge in [-0.2, -0.15) is 9.67 Å². The average molecular weight is 272 g/mol. The van der Waals surface area contributed by atoms with Gasteiger partial charge in [0.25, 0.3) is 5.91 Å². The molecule has 7 nitrogen and oxygen atoms in total. The van der Waals surface area contributed by atoms with Gasteiger partial charge in [-0.15, -0.1) is 5.10 Å². The number of anilines is 1. The highest BCUT2D eigenvalue weighted by Crippen LogP contribution is 2.27. The highest BCUT2D eigenvalue weighted by Gasteiger charge is 2.38. The smallest absolute Gasteiger partial charge is 0.337 e. The lowest BCUT2D eigenvalue weighted by Crippen LogP contribution is -2.38. The largest absolute Gasteiger partial charge is 0.466 e. The van der Waals surface area contributed by atoms with Crippen LogP contribution in [-0.4, -0.2) is 33.7 Å². The van der Waals surface area contributed by atoms with Crippen molar-refractivity contribution in [2.75, 3.05) is 12.4 Å². The molecule has 1 atom stereocenters. The van der Waals surface area contributed by atoms with E-state index < -0.39 is 17.7 Å². The van der Waals surface area contributed by atoms with Gasteiger partial charge in [0.2, 0.25) is 11.9 Å². The minimum absolute atomic E-state index is 0.0403. The Bertz CT molecular complexity index is 707. The number of nitrogens with one attached hydrogen (secondary N) is 1.